The average Bonchev–Trinajstić information content (AvgIpc) is 3.23. The summed E-state index contributed by atoms with van der Waals surface area (Å²) in [5, 5.41) is 3.80. The molecule has 0 aliphatic carbocycles. The topological polar surface area (TPSA) is 81.6 Å². The Balaban J connectivity index is 1.35. The van der Waals surface area contributed by atoms with E-state index >= 15 is 0 Å². The molecule has 0 bridgehead atoms. The minimum absolute atomic E-state index is 0.0554. The van der Waals surface area contributed by atoms with Crippen LogP contribution in [0.5, 0.6) is 0 Å². The Morgan fingerprint density at radius 2 is 2.22 bits per heavy atom. The molecule has 2 aromatic heterocycles. The Kier molecular flexibility index (Phi) is 3.45. The molecule has 0 saturated carbocycles. The number of hydrogen-bond acceptors (Lipinski definition) is 6. The molecule has 0 spiro atoms. The summed E-state index contributed by atoms with van der Waals surface area (Å²) in [5.41, 5.74) is 0. The van der Waals surface area contributed by atoms with E-state index in [9.17, 15) is 4.79 Å². The number of furan rings is 1. The van der Waals surface area contributed by atoms with Crippen LogP contribution in [0, 0.1) is 19.8 Å². The van der Waals surface area contributed by atoms with Crippen molar-refractivity contribution in [2.45, 2.75) is 38.9 Å². The number of carbonyl (C=O) groups is 1. The van der Waals surface area contributed by atoms with Crippen molar-refractivity contribution in [1.29, 1.82) is 0 Å². The Hall–Kier alpha value is -2.15. The van der Waals surface area contributed by atoms with E-state index in [0.717, 1.165) is 12.2 Å². The van der Waals surface area contributed by atoms with Crippen LogP contribution >= 0.6 is 0 Å². The van der Waals surface area contributed by atoms with Crippen LogP contribution in [0.3, 0.4) is 0 Å². The van der Waals surface area contributed by atoms with E-state index in [4.69, 9.17) is 13.7 Å². The van der Waals surface area contributed by atoms with Gasteiger partial charge in [-0.05, 0) is 32.4 Å². The van der Waals surface area contributed by atoms with Gasteiger partial charge in [-0.3, -0.25) is 4.79 Å². The summed E-state index contributed by atoms with van der Waals surface area (Å²) < 4.78 is 16.6. The van der Waals surface area contributed by atoms with Crippen LogP contribution in [0.4, 0.5) is 0 Å². The second-order valence-corrected chi connectivity index (χ2v) is 6.35. The minimum Gasteiger partial charge on any atom is -0.456 e. The lowest BCUT2D eigenvalue weighted by Crippen LogP contribution is -2.31. The highest BCUT2D eigenvalue weighted by Gasteiger charge is 2.44. The van der Waals surface area contributed by atoms with Gasteiger partial charge in [-0.25, -0.2) is 0 Å². The normalized spacial score (nSPS) is 26.7. The van der Waals surface area contributed by atoms with Gasteiger partial charge in [-0.1, -0.05) is 5.16 Å². The zero-order chi connectivity index (χ0) is 16.0. The molecule has 2 saturated heterocycles. The monoisotopic (exact) mass is 317 g/mol. The summed E-state index contributed by atoms with van der Waals surface area (Å²) in [6.45, 7) is 4.96. The lowest BCUT2D eigenvalue weighted by atomic mass is 10.0. The van der Waals surface area contributed by atoms with E-state index in [-0.39, 0.29) is 18.1 Å². The highest BCUT2D eigenvalue weighted by atomic mass is 16.5. The van der Waals surface area contributed by atoms with E-state index in [1.54, 1.807) is 13.0 Å². The SMILES string of the molecule is Cc1noc(C[C@@H]2C[C@H]3CN(C(=O)c4ccc(C)o4)C[C@H]3O2)n1. The summed E-state index contributed by atoms with van der Waals surface area (Å²) in [4.78, 5) is 18.4. The summed E-state index contributed by atoms with van der Waals surface area (Å²) in [6, 6.07) is 3.54. The number of carbonyl (C=O) groups excluding carboxylic acids is 1. The molecule has 7 nitrogen and oxygen atoms in total. The van der Waals surface area contributed by atoms with Crippen molar-refractivity contribution in [2.75, 3.05) is 13.1 Å². The number of rotatable bonds is 3. The number of fused-ring (bicyclic) bond motifs is 1. The summed E-state index contributed by atoms with van der Waals surface area (Å²) in [5.74, 6) is 2.72. The predicted octanol–water partition coefficient (Wildman–Crippen LogP) is 1.75. The van der Waals surface area contributed by atoms with Gasteiger partial charge in [-0.15, -0.1) is 0 Å². The fourth-order valence-electron chi connectivity index (χ4n) is 3.48. The van der Waals surface area contributed by atoms with Gasteiger partial charge in [-0.2, -0.15) is 4.98 Å². The standard InChI is InChI=1S/C16H19N3O4/c1-9-3-4-13(21-9)16(20)19-7-11-5-12(22-14(11)8-19)6-15-17-10(2)18-23-15/h3-4,11-12,14H,5-8H2,1-2H3/t11-,12-,14+/m0/s1. The molecule has 3 atom stereocenters. The van der Waals surface area contributed by atoms with Crippen LogP contribution in [0.1, 0.15) is 34.5 Å². The van der Waals surface area contributed by atoms with Crippen molar-refractivity contribution in [3.63, 3.8) is 0 Å². The van der Waals surface area contributed by atoms with Gasteiger partial charge < -0.3 is 18.6 Å². The van der Waals surface area contributed by atoms with E-state index in [1.807, 2.05) is 17.9 Å². The van der Waals surface area contributed by atoms with E-state index in [1.165, 1.54) is 0 Å². The molecule has 2 fully saturated rings. The van der Waals surface area contributed by atoms with Crippen LogP contribution in [0.25, 0.3) is 0 Å². The zero-order valence-electron chi connectivity index (χ0n) is 13.2. The fourth-order valence-corrected chi connectivity index (χ4v) is 3.48. The number of hydrogen-bond donors (Lipinski definition) is 0. The van der Waals surface area contributed by atoms with E-state index in [2.05, 4.69) is 10.1 Å². The number of nitrogens with zero attached hydrogens (tertiary/aromatic N) is 3. The molecule has 122 valence electrons. The van der Waals surface area contributed by atoms with Gasteiger partial charge in [0.05, 0.1) is 18.6 Å². The maximum atomic E-state index is 12.4. The van der Waals surface area contributed by atoms with E-state index in [0.29, 0.717) is 42.9 Å². The first-order chi connectivity index (χ1) is 11.1. The van der Waals surface area contributed by atoms with Crippen molar-refractivity contribution in [2.24, 2.45) is 5.92 Å². The first-order valence-electron chi connectivity index (χ1n) is 7.89. The van der Waals surface area contributed by atoms with Gasteiger partial charge in [0.15, 0.2) is 11.6 Å². The third-order valence-corrected chi connectivity index (χ3v) is 4.52. The number of ether oxygens (including phenoxy) is 1. The minimum atomic E-state index is -0.0554. The molecule has 2 aromatic rings. The average molecular weight is 317 g/mol. The lowest BCUT2D eigenvalue weighted by molar-refractivity contribution is 0.0324. The lowest BCUT2D eigenvalue weighted by Gasteiger charge is -2.17. The van der Waals surface area contributed by atoms with Crippen molar-refractivity contribution < 1.29 is 18.5 Å². The Morgan fingerprint density at radius 3 is 2.87 bits per heavy atom. The third kappa shape index (κ3) is 2.76. The molecule has 4 rings (SSSR count). The highest BCUT2D eigenvalue weighted by Crippen LogP contribution is 2.34. The van der Waals surface area contributed by atoms with E-state index < -0.39 is 0 Å². The Morgan fingerprint density at radius 1 is 1.35 bits per heavy atom. The maximum absolute atomic E-state index is 12.4. The van der Waals surface area contributed by atoms with Crippen LogP contribution in [0.15, 0.2) is 21.1 Å². The smallest absolute Gasteiger partial charge is 0.289 e. The first-order valence-corrected chi connectivity index (χ1v) is 7.89. The molecule has 23 heavy (non-hydrogen) atoms. The molecule has 0 unspecified atom stereocenters. The molecule has 2 aliphatic heterocycles. The first kappa shape index (κ1) is 14.4. The molecular weight excluding hydrogens is 298 g/mol. The van der Waals surface area contributed by atoms with Crippen LogP contribution < -0.4 is 0 Å². The predicted molar refractivity (Wildman–Crippen MR) is 78.9 cm³/mol. The quantitative estimate of drug-likeness (QED) is 0.858. The van der Waals surface area contributed by atoms with Crippen molar-refractivity contribution in [3.8, 4) is 0 Å². The number of likely N-dealkylation sites (tertiary alicyclic amines) is 1. The molecule has 7 heteroatoms. The van der Waals surface area contributed by atoms with Crippen molar-refractivity contribution >= 4 is 5.91 Å². The zero-order valence-corrected chi connectivity index (χ0v) is 13.2. The van der Waals surface area contributed by atoms with Gasteiger partial charge in [0.1, 0.15) is 5.76 Å². The van der Waals surface area contributed by atoms with Crippen molar-refractivity contribution in [1.82, 2.24) is 15.0 Å². The van der Waals surface area contributed by atoms with Crippen LogP contribution in [-0.2, 0) is 11.2 Å². The second-order valence-electron chi connectivity index (χ2n) is 6.35. The third-order valence-electron chi connectivity index (χ3n) is 4.52. The summed E-state index contributed by atoms with van der Waals surface area (Å²) in [6.07, 6.45) is 1.73. The highest BCUT2D eigenvalue weighted by molar-refractivity contribution is 5.91. The Bertz CT molecular complexity index is 708. The molecule has 4 heterocycles. The molecule has 0 aromatic carbocycles. The number of amides is 1. The summed E-state index contributed by atoms with van der Waals surface area (Å²) >= 11 is 0. The van der Waals surface area contributed by atoms with Crippen LogP contribution in [-0.4, -0.2) is 46.2 Å². The van der Waals surface area contributed by atoms with Gasteiger partial charge in [0, 0.05) is 19.0 Å². The molecule has 2 aliphatic rings. The molecular formula is C16H19N3O4. The van der Waals surface area contributed by atoms with Crippen LogP contribution in [0.2, 0.25) is 0 Å². The van der Waals surface area contributed by atoms with Crippen molar-refractivity contribution in [3.05, 3.63) is 35.4 Å². The number of aromatic nitrogens is 2. The Labute approximate surface area is 133 Å². The molecule has 1 amide bonds. The fraction of sp³-hybridized carbons (Fsp3) is 0.562. The molecule has 0 radical (unpaired) electrons. The van der Waals surface area contributed by atoms with Gasteiger partial charge in [0.25, 0.3) is 5.91 Å². The maximum Gasteiger partial charge on any atom is 0.289 e. The van der Waals surface area contributed by atoms with Gasteiger partial charge in [0.2, 0.25) is 5.89 Å². The van der Waals surface area contributed by atoms with Gasteiger partial charge >= 0.3 is 0 Å². The largest absolute Gasteiger partial charge is 0.456 e. The number of aryl methyl sites for hydroxylation is 2. The molecule has 0 N–H and O–H groups in total. The summed E-state index contributed by atoms with van der Waals surface area (Å²) in [7, 11) is 0. The second kappa shape index (κ2) is 5.49.